The molecule has 1 aliphatic heterocycles. The van der Waals surface area contributed by atoms with Crippen LogP contribution in [-0.2, 0) is 20.1 Å². The van der Waals surface area contributed by atoms with Gasteiger partial charge in [0.25, 0.3) is 0 Å². The van der Waals surface area contributed by atoms with Crippen LogP contribution in [0.15, 0.2) is 24.3 Å². The van der Waals surface area contributed by atoms with Gasteiger partial charge in [0, 0.05) is 31.6 Å². The van der Waals surface area contributed by atoms with Gasteiger partial charge in [0.1, 0.15) is 17.7 Å². The smallest absolute Gasteiger partial charge is 0.401 e. The average Bonchev–Trinajstić information content (AvgIpc) is 3.09. The van der Waals surface area contributed by atoms with Crippen LogP contribution in [0.3, 0.4) is 0 Å². The van der Waals surface area contributed by atoms with Crippen LogP contribution in [-0.4, -0.2) is 66.7 Å². The zero-order valence-corrected chi connectivity index (χ0v) is 16.3. The maximum absolute atomic E-state index is 13.5. The highest BCUT2D eigenvalue weighted by Gasteiger charge is 2.50. The standard InChI is InChI=1S/C18H22F3NO5S/c1-26-12-5-3-11(4-6-12)9-28-10-14(18(19,20)21)16(23)22-8-13(27-2)7-15(22)17(24)25/h3-6,13-15H,7-10H2,1-2H3,(H,24,25)/t13?,14?,15-/m0/s1. The van der Waals surface area contributed by atoms with Gasteiger partial charge in [-0.3, -0.25) is 4.79 Å². The molecule has 0 aliphatic carbocycles. The third-order valence-corrected chi connectivity index (χ3v) is 5.68. The molecule has 0 radical (unpaired) electrons. The van der Waals surface area contributed by atoms with Crippen LogP contribution in [0.25, 0.3) is 0 Å². The zero-order valence-electron chi connectivity index (χ0n) is 15.4. The maximum atomic E-state index is 13.5. The molecule has 6 nitrogen and oxygen atoms in total. The highest BCUT2D eigenvalue weighted by atomic mass is 32.2. The Balaban J connectivity index is 2.05. The molecule has 1 amide bonds. The first-order valence-corrected chi connectivity index (χ1v) is 9.66. The molecule has 28 heavy (non-hydrogen) atoms. The third kappa shape index (κ3) is 5.54. The molecule has 1 heterocycles. The number of benzene rings is 1. The van der Waals surface area contributed by atoms with E-state index >= 15 is 0 Å². The first-order valence-electron chi connectivity index (χ1n) is 8.50. The van der Waals surface area contributed by atoms with Gasteiger partial charge >= 0.3 is 12.1 Å². The minimum Gasteiger partial charge on any atom is -0.497 e. The Bertz CT molecular complexity index is 683. The molecule has 0 aromatic heterocycles. The van der Waals surface area contributed by atoms with Crippen LogP contribution in [0, 0.1) is 5.92 Å². The lowest BCUT2D eigenvalue weighted by atomic mass is 10.1. The monoisotopic (exact) mass is 421 g/mol. The fraction of sp³-hybridized carbons (Fsp3) is 0.556. The van der Waals surface area contributed by atoms with Crippen molar-refractivity contribution in [2.24, 2.45) is 5.92 Å². The number of hydrogen-bond acceptors (Lipinski definition) is 5. The van der Waals surface area contributed by atoms with E-state index < -0.39 is 41.9 Å². The first kappa shape index (κ1) is 22.4. The van der Waals surface area contributed by atoms with E-state index in [9.17, 15) is 27.9 Å². The Morgan fingerprint density at radius 3 is 2.43 bits per heavy atom. The predicted molar refractivity (Wildman–Crippen MR) is 97.3 cm³/mol. The van der Waals surface area contributed by atoms with Crippen LogP contribution >= 0.6 is 11.8 Å². The summed E-state index contributed by atoms with van der Waals surface area (Å²) in [5, 5.41) is 9.25. The van der Waals surface area contributed by atoms with Gasteiger partial charge in [-0.15, -0.1) is 0 Å². The molecule has 1 saturated heterocycles. The molecule has 2 rings (SSSR count). The maximum Gasteiger partial charge on any atom is 0.401 e. The van der Waals surface area contributed by atoms with Crippen LogP contribution in [0.2, 0.25) is 0 Å². The van der Waals surface area contributed by atoms with Gasteiger partial charge in [0.15, 0.2) is 0 Å². The summed E-state index contributed by atoms with van der Waals surface area (Å²) < 4.78 is 50.6. The molecule has 0 spiro atoms. The molecule has 1 aromatic rings. The topological polar surface area (TPSA) is 76.1 Å². The van der Waals surface area contributed by atoms with Crippen molar-refractivity contribution in [1.29, 1.82) is 0 Å². The minimum atomic E-state index is -4.77. The van der Waals surface area contributed by atoms with Gasteiger partial charge in [-0.05, 0) is 17.7 Å². The third-order valence-electron chi connectivity index (χ3n) is 4.57. The Kier molecular flexibility index (Phi) is 7.59. The molecule has 1 N–H and O–H groups in total. The summed E-state index contributed by atoms with van der Waals surface area (Å²) in [5.41, 5.74) is 0.795. The number of ether oxygens (including phenoxy) is 2. The number of carbonyl (C=O) groups is 2. The van der Waals surface area contributed by atoms with Gasteiger partial charge in [-0.25, -0.2) is 4.79 Å². The van der Waals surface area contributed by atoms with Gasteiger partial charge in [0.2, 0.25) is 5.91 Å². The number of nitrogens with zero attached hydrogens (tertiary/aromatic N) is 1. The lowest BCUT2D eigenvalue weighted by Crippen LogP contribution is -2.48. The molecule has 1 fully saturated rings. The van der Waals surface area contributed by atoms with Crippen molar-refractivity contribution in [2.75, 3.05) is 26.5 Å². The number of aliphatic carboxylic acids is 1. The van der Waals surface area contributed by atoms with Crippen molar-refractivity contribution >= 4 is 23.6 Å². The Labute approximate surface area is 165 Å². The second kappa shape index (κ2) is 9.51. The Hall–Kier alpha value is -1.94. The molecule has 2 unspecified atom stereocenters. The number of methoxy groups -OCH3 is 2. The summed E-state index contributed by atoms with van der Waals surface area (Å²) in [6.07, 6.45) is -5.38. The average molecular weight is 421 g/mol. The quantitative estimate of drug-likeness (QED) is 0.696. The second-order valence-electron chi connectivity index (χ2n) is 6.40. The first-order chi connectivity index (χ1) is 13.2. The number of likely N-dealkylation sites (tertiary alicyclic amines) is 1. The van der Waals surface area contributed by atoms with Gasteiger partial charge in [-0.2, -0.15) is 24.9 Å². The summed E-state index contributed by atoms with van der Waals surface area (Å²) in [4.78, 5) is 24.7. The van der Waals surface area contributed by atoms with Crippen molar-refractivity contribution < 1.29 is 37.3 Å². The number of amides is 1. The number of hydrogen-bond donors (Lipinski definition) is 1. The van der Waals surface area contributed by atoms with E-state index in [4.69, 9.17) is 9.47 Å². The summed E-state index contributed by atoms with van der Waals surface area (Å²) >= 11 is 0.971. The summed E-state index contributed by atoms with van der Waals surface area (Å²) in [7, 11) is 2.85. The largest absolute Gasteiger partial charge is 0.497 e. The highest BCUT2D eigenvalue weighted by molar-refractivity contribution is 7.98. The Morgan fingerprint density at radius 1 is 1.29 bits per heavy atom. The molecule has 0 saturated carbocycles. The van der Waals surface area contributed by atoms with Crippen LogP contribution in [0.5, 0.6) is 5.75 Å². The summed E-state index contributed by atoms with van der Waals surface area (Å²) in [6, 6.07) is 5.57. The number of carboxylic acids is 1. The number of halogens is 3. The van der Waals surface area contributed by atoms with Crippen molar-refractivity contribution in [1.82, 2.24) is 4.90 Å². The second-order valence-corrected chi connectivity index (χ2v) is 7.43. The van der Waals surface area contributed by atoms with E-state index in [-0.39, 0.29) is 18.7 Å². The fourth-order valence-corrected chi connectivity index (χ4v) is 4.08. The molecule has 3 atom stereocenters. The van der Waals surface area contributed by atoms with Crippen LogP contribution in [0.1, 0.15) is 12.0 Å². The number of rotatable bonds is 8. The molecular weight excluding hydrogens is 399 g/mol. The van der Waals surface area contributed by atoms with Crippen molar-refractivity contribution in [2.45, 2.75) is 30.5 Å². The minimum absolute atomic E-state index is 0.0266. The summed E-state index contributed by atoms with van der Waals surface area (Å²) in [6.45, 7) is -0.165. The van der Waals surface area contributed by atoms with E-state index in [1.54, 1.807) is 24.3 Å². The molecule has 1 aliphatic rings. The lowest BCUT2D eigenvalue weighted by molar-refractivity contribution is -0.186. The summed E-state index contributed by atoms with van der Waals surface area (Å²) in [5.74, 6) is -4.39. The van der Waals surface area contributed by atoms with E-state index in [0.29, 0.717) is 5.75 Å². The van der Waals surface area contributed by atoms with Gasteiger partial charge in [-0.1, -0.05) is 12.1 Å². The number of thioether (sulfide) groups is 1. The zero-order chi connectivity index (χ0) is 20.9. The van der Waals surface area contributed by atoms with E-state index in [1.807, 2.05) is 0 Å². The molecule has 156 valence electrons. The van der Waals surface area contributed by atoms with Crippen molar-refractivity contribution in [3.63, 3.8) is 0 Å². The van der Waals surface area contributed by atoms with Gasteiger partial charge in [0.05, 0.1) is 13.2 Å². The molecular formula is C18H22F3NO5S. The van der Waals surface area contributed by atoms with Crippen LogP contribution < -0.4 is 4.74 Å². The molecule has 1 aromatic carbocycles. The number of carboxylic acid groups (broad SMARTS) is 1. The predicted octanol–water partition coefficient (Wildman–Crippen LogP) is 2.81. The lowest BCUT2D eigenvalue weighted by Gasteiger charge is -2.27. The Morgan fingerprint density at radius 2 is 1.93 bits per heavy atom. The highest BCUT2D eigenvalue weighted by Crippen LogP contribution is 2.34. The number of alkyl halides is 3. The van der Waals surface area contributed by atoms with E-state index in [2.05, 4.69) is 0 Å². The van der Waals surface area contributed by atoms with Crippen LogP contribution in [0.4, 0.5) is 13.2 Å². The number of carbonyl (C=O) groups excluding carboxylic acids is 1. The van der Waals surface area contributed by atoms with Crippen molar-refractivity contribution in [3.8, 4) is 5.75 Å². The van der Waals surface area contributed by atoms with E-state index in [1.165, 1.54) is 14.2 Å². The normalized spacial score (nSPS) is 20.8. The van der Waals surface area contributed by atoms with E-state index in [0.717, 1.165) is 22.2 Å². The molecule has 10 heteroatoms. The van der Waals surface area contributed by atoms with Gasteiger partial charge < -0.3 is 19.5 Å². The molecule has 0 bridgehead atoms. The SMILES string of the molecule is COc1ccc(CSCC(C(=O)N2CC(OC)C[C@H]2C(=O)O)C(F)(F)F)cc1. The fourth-order valence-electron chi connectivity index (χ4n) is 2.97. The van der Waals surface area contributed by atoms with Crippen molar-refractivity contribution in [3.05, 3.63) is 29.8 Å².